The van der Waals surface area contributed by atoms with Gasteiger partial charge in [-0.25, -0.2) is 4.79 Å². The average Bonchev–Trinajstić information content (AvgIpc) is 3.30. The third-order valence-electron chi connectivity index (χ3n) is 8.90. The lowest BCUT2D eigenvalue weighted by atomic mass is 9.77. The molecule has 2 N–H and O–H groups in total. The van der Waals surface area contributed by atoms with E-state index in [9.17, 15) is 22.8 Å². The topological polar surface area (TPSA) is 67.9 Å². The number of nitrogens with one attached hydrogen (secondary N) is 2. The molecule has 4 heterocycles. The second kappa shape index (κ2) is 9.43. The van der Waals surface area contributed by atoms with Crippen LogP contribution in [0.2, 0.25) is 0 Å². The molecule has 3 amide bonds. The van der Waals surface area contributed by atoms with Gasteiger partial charge in [0.1, 0.15) is 0 Å². The molecular formula is C26H36F3N5O2. The molecule has 5 rings (SSSR count). The van der Waals surface area contributed by atoms with E-state index in [1.807, 2.05) is 36.5 Å². The van der Waals surface area contributed by atoms with Gasteiger partial charge < -0.3 is 15.5 Å². The van der Waals surface area contributed by atoms with Gasteiger partial charge in [0.15, 0.2) is 0 Å². The molecule has 1 spiro atoms. The summed E-state index contributed by atoms with van der Waals surface area (Å²) in [4.78, 5) is 30.7. The Bertz CT molecular complexity index is 973. The second-order valence-electron chi connectivity index (χ2n) is 11.6. The van der Waals surface area contributed by atoms with Crippen molar-refractivity contribution < 1.29 is 22.8 Å². The zero-order chi connectivity index (χ0) is 25.6. The highest BCUT2D eigenvalue weighted by Crippen LogP contribution is 2.59. The van der Waals surface area contributed by atoms with Crippen molar-refractivity contribution in [2.75, 3.05) is 45.8 Å². The van der Waals surface area contributed by atoms with Crippen molar-refractivity contribution in [3.05, 3.63) is 35.8 Å². The maximum Gasteiger partial charge on any atom is 0.401 e. The average molecular weight is 508 g/mol. The number of nitrogens with zero attached hydrogens (tertiary/aromatic N) is 3. The first-order valence-electron chi connectivity index (χ1n) is 13.0. The maximum atomic E-state index is 13.0. The van der Waals surface area contributed by atoms with Crippen LogP contribution < -0.4 is 10.6 Å². The van der Waals surface area contributed by atoms with Gasteiger partial charge in [0.05, 0.1) is 13.1 Å². The molecule has 36 heavy (non-hydrogen) atoms. The molecule has 4 aliphatic heterocycles. The van der Waals surface area contributed by atoms with Crippen molar-refractivity contribution in [1.82, 2.24) is 25.3 Å². The number of piperidine rings is 2. The van der Waals surface area contributed by atoms with E-state index < -0.39 is 12.7 Å². The summed E-state index contributed by atoms with van der Waals surface area (Å²) >= 11 is 0. The van der Waals surface area contributed by atoms with Gasteiger partial charge in [0, 0.05) is 44.7 Å². The molecule has 1 saturated carbocycles. The number of hydrogen-bond donors (Lipinski definition) is 2. The number of carbonyl (C=O) groups is 2. The Labute approximate surface area is 210 Å². The van der Waals surface area contributed by atoms with Gasteiger partial charge in [-0.2, -0.15) is 13.2 Å². The minimum absolute atomic E-state index is 0.0737. The summed E-state index contributed by atoms with van der Waals surface area (Å²) in [6.45, 7) is 4.64. The van der Waals surface area contributed by atoms with E-state index in [1.54, 1.807) is 4.90 Å². The molecule has 3 fully saturated rings. The van der Waals surface area contributed by atoms with Crippen molar-refractivity contribution in [3.63, 3.8) is 0 Å². The predicted octanol–water partition coefficient (Wildman–Crippen LogP) is 3.58. The number of dihydropyridines is 1. The van der Waals surface area contributed by atoms with E-state index in [4.69, 9.17) is 0 Å². The van der Waals surface area contributed by atoms with Crippen molar-refractivity contribution in [2.24, 2.45) is 16.7 Å². The predicted molar refractivity (Wildman–Crippen MR) is 129 cm³/mol. The van der Waals surface area contributed by atoms with Gasteiger partial charge in [0.2, 0.25) is 5.91 Å². The summed E-state index contributed by atoms with van der Waals surface area (Å²) in [5.41, 5.74) is 2.16. The summed E-state index contributed by atoms with van der Waals surface area (Å²) in [7, 11) is 0. The van der Waals surface area contributed by atoms with E-state index >= 15 is 0 Å². The number of amides is 3. The Kier molecular flexibility index (Phi) is 6.59. The summed E-state index contributed by atoms with van der Waals surface area (Å²) in [6.07, 6.45) is 8.07. The molecule has 1 unspecified atom stereocenters. The van der Waals surface area contributed by atoms with E-state index in [-0.39, 0.29) is 22.8 Å². The van der Waals surface area contributed by atoms with Crippen molar-refractivity contribution >= 4 is 11.9 Å². The number of alkyl halides is 3. The number of likely N-dealkylation sites (tertiary alicyclic amines) is 2. The molecular weight excluding hydrogens is 471 g/mol. The first-order valence-corrected chi connectivity index (χ1v) is 13.0. The van der Waals surface area contributed by atoms with Gasteiger partial charge >= 0.3 is 12.2 Å². The highest BCUT2D eigenvalue weighted by atomic mass is 19.4. The van der Waals surface area contributed by atoms with E-state index in [0.717, 1.165) is 43.5 Å². The number of carbonyl (C=O) groups excluding carboxylic acids is 2. The Balaban J connectivity index is 1.02. The molecule has 2 saturated heterocycles. The van der Waals surface area contributed by atoms with E-state index in [2.05, 4.69) is 10.6 Å². The first-order chi connectivity index (χ1) is 17.0. The van der Waals surface area contributed by atoms with Crippen LogP contribution in [0, 0.1) is 16.7 Å². The fourth-order valence-electron chi connectivity index (χ4n) is 6.27. The lowest BCUT2D eigenvalue weighted by Crippen LogP contribution is -2.46. The molecule has 5 aliphatic rings. The lowest BCUT2D eigenvalue weighted by Gasteiger charge is -2.41. The summed E-state index contributed by atoms with van der Waals surface area (Å²) in [6, 6.07) is -0.0737. The van der Waals surface area contributed by atoms with E-state index in [1.165, 1.54) is 4.90 Å². The number of rotatable bonds is 5. The van der Waals surface area contributed by atoms with Crippen molar-refractivity contribution in [3.8, 4) is 0 Å². The van der Waals surface area contributed by atoms with E-state index in [0.29, 0.717) is 51.4 Å². The van der Waals surface area contributed by atoms with Crippen LogP contribution in [0.4, 0.5) is 18.0 Å². The monoisotopic (exact) mass is 507 g/mol. The normalized spacial score (nSPS) is 26.7. The van der Waals surface area contributed by atoms with Crippen LogP contribution in [0.25, 0.3) is 0 Å². The molecule has 0 aromatic heterocycles. The van der Waals surface area contributed by atoms with Crippen LogP contribution in [-0.4, -0.2) is 78.6 Å². The number of allylic oxidation sites excluding steroid dienone is 1. The third-order valence-corrected chi connectivity index (χ3v) is 8.90. The van der Waals surface area contributed by atoms with Crippen LogP contribution in [-0.2, 0) is 4.79 Å². The van der Waals surface area contributed by atoms with Crippen LogP contribution in [0.5, 0.6) is 0 Å². The highest BCUT2D eigenvalue weighted by Gasteiger charge is 2.55. The lowest BCUT2D eigenvalue weighted by molar-refractivity contribution is -0.152. The minimum atomic E-state index is -4.17. The summed E-state index contributed by atoms with van der Waals surface area (Å²) < 4.78 is 38.0. The molecule has 7 nitrogen and oxygen atoms in total. The molecule has 0 aromatic rings. The number of urea groups is 1. The molecule has 1 atom stereocenters. The molecule has 1 aliphatic carbocycles. The van der Waals surface area contributed by atoms with Crippen LogP contribution >= 0.6 is 0 Å². The Morgan fingerprint density at radius 3 is 2.53 bits per heavy atom. The summed E-state index contributed by atoms with van der Waals surface area (Å²) in [5.74, 6) is 0.580. The smallest absolute Gasteiger partial charge is 0.367 e. The quantitative estimate of drug-likeness (QED) is 0.597. The maximum absolute atomic E-state index is 13.0. The van der Waals surface area contributed by atoms with Gasteiger partial charge in [-0.05, 0) is 79.2 Å². The number of halogens is 3. The highest BCUT2D eigenvalue weighted by molar-refractivity contribution is 5.78. The Morgan fingerprint density at radius 2 is 1.86 bits per heavy atom. The zero-order valence-corrected chi connectivity index (χ0v) is 20.9. The molecule has 0 radical (unpaired) electrons. The van der Waals surface area contributed by atoms with Crippen LogP contribution in [0.15, 0.2) is 35.8 Å². The third kappa shape index (κ3) is 5.58. The summed E-state index contributed by atoms with van der Waals surface area (Å²) in [5, 5.41) is 6.15. The molecule has 10 heteroatoms. The van der Waals surface area contributed by atoms with Gasteiger partial charge in [0.25, 0.3) is 0 Å². The molecule has 198 valence electrons. The second-order valence-corrected chi connectivity index (χ2v) is 11.6. The van der Waals surface area contributed by atoms with Gasteiger partial charge in [-0.15, -0.1) is 0 Å². The molecule has 0 aromatic carbocycles. The van der Waals surface area contributed by atoms with Gasteiger partial charge in [-0.3, -0.25) is 14.6 Å². The van der Waals surface area contributed by atoms with Crippen LogP contribution in [0.1, 0.15) is 45.4 Å². The fraction of sp³-hybridized carbons (Fsp3) is 0.692. The SMILES string of the molecule is CC1(CC(=O)N2CCC3(CC2)CC3CNC(=O)N2C=C3C=CNC=C3C2)CCN(CC(F)(F)F)CC1. The van der Waals surface area contributed by atoms with Crippen molar-refractivity contribution in [1.29, 1.82) is 0 Å². The largest absolute Gasteiger partial charge is 0.401 e. The first kappa shape index (κ1) is 25.2. The fourth-order valence-corrected chi connectivity index (χ4v) is 6.27. The van der Waals surface area contributed by atoms with Crippen LogP contribution in [0.3, 0.4) is 0 Å². The van der Waals surface area contributed by atoms with Crippen molar-refractivity contribution in [2.45, 2.75) is 51.6 Å². The zero-order valence-electron chi connectivity index (χ0n) is 20.9. The van der Waals surface area contributed by atoms with Gasteiger partial charge in [-0.1, -0.05) is 6.92 Å². The Hall–Kier alpha value is -2.49. The Morgan fingerprint density at radius 1 is 1.14 bits per heavy atom. The minimum Gasteiger partial charge on any atom is -0.367 e. The number of fused-ring (bicyclic) bond motifs is 1. The number of hydrogen-bond acceptors (Lipinski definition) is 4. The molecule has 0 bridgehead atoms. The standard InChI is InChI=1S/C26H36F3N5O2/c1-24(3-8-32(9-4-24)18-26(27,28)29)13-22(35)33-10-5-25(6-11-33)12-21(25)15-31-23(36)34-16-19-2-7-30-14-20(19)17-34/h2,7,14,16,21,30H,3-6,8-13,15,17-18H2,1H3,(H,31,36).